The minimum Gasteiger partial charge on any atom is -0.395 e. The summed E-state index contributed by atoms with van der Waals surface area (Å²) in [6, 6.07) is 0. The van der Waals surface area contributed by atoms with Gasteiger partial charge in [-0.25, -0.2) is 0 Å². The van der Waals surface area contributed by atoms with Gasteiger partial charge in [0.2, 0.25) is 5.91 Å². The molecule has 0 rings (SSSR count). The van der Waals surface area contributed by atoms with Crippen LogP contribution in [0.4, 0.5) is 0 Å². The van der Waals surface area contributed by atoms with Crippen LogP contribution in [0.3, 0.4) is 0 Å². The minimum absolute atomic E-state index is 0.00176. The van der Waals surface area contributed by atoms with E-state index in [0.29, 0.717) is 25.4 Å². The Kier molecular flexibility index (Phi) is 6.54. The van der Waals surface area contributed by atoms with Gasteiger partial charge in [0.05, 0.1) is 13.2 Å². The maximum Gasteiger partial charge on any atom is 0.222 e. The molecule has 0 aliphatic heterocycles. The number of amides is 1. The topological polar surface area (TPSA) is 60.8 Å². The Morgan fingerprint density at radius 2 is 1.69 bits per heavy atom. The molecule has 0 aliphatic carbocycles. The van der Waals surface area contributed by atoms with Gasteiger partial charge in [-0.15, -0.1) is 0 Å². The maximum atomic E-state index is 11.4. The van der Waals surface area contributed by atoms with Crippen LogP contribution in [-0.4, -0.2) is 47.3 Å². The van der Waals surface area contributed by atoms with Crippen LogP contribution in [0, 0.1) is 5.92 Å². The fraction of sp³-hybridized carbons (Fsp3) is 0.889. The molecule has 0 saturated carbocycles. The molecule has 0 bridgehead atoms. The third-order valence-corrected chi connectivity index (χ3v) is 1.68. The molecule has 0 unspecified atom stereocenters. The summed E-state index contributed by atoms with van der Waals surface area (Å²) in [7, 11) is 0. The van der Waals surface area contributed by atoms with E-state index in [0.717, 1.165) is 0 Å². The van der Waals surface area contributed by atoms with Crippen molar-refractivity contribution in [1.82, 2.24) is 4.90 Å². The Labute approximate surface area is 79.2 Å². The number of hydrogen-bond acceptors (Lipinski definition) is 3. The molecule has 0 radical (unpaired) electrons. The first-order chi connectivity index (χ1) is 6.11. The number of hydrogen-bond donors (Lipinski definition) is 2. The van der Waals surface area contributed by atoms with Gasteiger partial charge in [0.15, 0.2) is 0 Å². The summed E-state index contributed by atoms with van der Waals surface area (Å²) in [6.45, 7) is 4.45. The van der Waals surface area contributed by atoms with Gasteiger partial charge in [-0.05, 0) is 5.92 Å². The predicted molar refractivity (Wildman–Crippen MR) is 50.2 cm³/mol. The Hall–Kier alpha value is -0.610. The minimum atomic E-state index is -0.0518. The summed E-state index contributed by atoms with van der Waals surface area (Å²) in [4.78, 5) is 12.9. The van der Waals surface area contributed by atoms with E-state index in [4.69, 9.17) is 10.2 Å². The van der Waals surface area contributed by atoms with Crippen LogP contribution < -0.4 is 0 Å². The first-order valence-electron chi connectivity index (χ1n) is 4.61. The molecule has 1 amide bonds. The third kappa shape index (κ3) is 5.60. The summed E-state index contributed by atoms with van der Waals surface area (Å²) in [5.74, 6) is 0.311. The largest absolute Gasteiger partial charge is 0.395 e. The number of carbonyl (C=O) groups is 1. The lowest BCUT2D eigenvalue weighted by Crippen LogP contribution is -2.36. The molecule has 0 atom stereocenters. The van der Waals surface area contributed by atoms with Crippen LogP contribution in [0.15, 0.2) is 0 Å². The van der Waals surface area contributed by atoms with Gasteiger partial charge in [0, 0.05) is 19.5 Å². The van der Waals surface area contributed by atoms with Crippen LogP contribution in [0.1, 0.15) is 20.3 Å². The zero-order chi connectivity index (χ0) is 10.3. The highest BCUT2D eigenvalue weighted by Crippen LogP contribution is 2.03. The van der Waals surface area contributed by atoms with Gasteiger partial charge < -0.3 is 15.1 Å². The van der Waals surface area contributed by atoms with Crippen molar-refractivity contribution < 1.29 is 15.0 Å². The Balaban J connectivity index is 3.95. The SMILES string of the molecule is CC(C)CC(=O)N(CCO)CCO. The lowest BCUT2D eigenvalue weighted by molar-refractivity contribution is -0.133. The zero-order valence-corrected chi connectivity index (χ0v) is 8.36. The quantitative estimate of drug-likeness (QED) is 0.610. The van der Waals surface area contributed by atoms with Crippen molar-refractivity contribution in [2.75, 3.05) is 26.3 Å². The van der Waals surface area contributed by atoms with Gasteiger partial charge in [0.25, 0.3) is 0 Å². The molecule has 4 heteroatoms. The monoisotopic (exact) mass is 189 g/mol. The van der Waals surface area contributed by atoms with Crippen molar-refractivity contribution in [3.05, 3.63) is 0 Å². The average Bonchev–Trinajstić information content (AvgIpc) is 2.02. The standard InChI is InChI=1S/C9H19NO3/c1-8(2)7-9(13)10(3-5-11)4-6-12/h8,11-12H,3-7H2,1-2H3. The van der Waals surface area contributed by atoms with Crippen LogP contribution in [0.5, 0.6) is 0 Å². The smallest absolute Gasteiger partial charge is 0.222 e. The molecule has 0 fully saturated rings. The molecule has 13 heavy (non-hydrogen) atoms. The van der Waals surface area contributed by atoms with Crippen molar-refractivity contribution in [3.8, 4) is 0 Å². The molecular weight excluding hydrogens is 170 g/mol. The normalized spacial score (nSPS) is 10.5. The van der Waals surface area contributed by atoms with Gasteiger partial charge in [-0.3, -0.25) is 4.79 Å². The Morgan fingerprint density at radius 3 is 2.00 bits per heavy atom. The first kappa shape index (κ1) is 12.4. The van der Waals surface area contributed by atoms with Crippen LogP contribution in [0.2, 0.25) is 0 Å². The second-order valence-electron chi connectivity index (χ2n) is 3.43. The van der Waals surface area contributed by atoms with Crippen LogP contribution in [0.25, 0.3) is 0 Å². The highest BCUT2D eigenvalue weighted by Gasteiger charge is 2.13. The summed E-state index contributed by atoms with van der Waals surface area (Å²) < 4.78 is 0. The fourth-order valence-corrected chi connectivity index (χ4v) is 1.08. The van der Waals surface area contributed by atoms with E-state index in [1.807, 2.05) is 13.8 Å². The van der Waals surface area contributed by atoms with Crippen LogP contribution >= 0.6 is 0 Å². The number of rotatable bonds is 6. The number of aliphatic hydroxyl groups is 2. The highest BCUT2D eigenvalue weighted by molar-refractivity contribution is 5.76. The van der Waals surface area contributed by atoms with Gasteiger partial charge in [-0.1, -0.05) is 13.8 Å². The van der Waals surface area contributed by atoms with Crippen molar-refractivity contribution in [3.63, 3.8) is 0 Å². The molecule has 0 aromatic rings. The Morgan fingerprint density at radius 1 is 1.23 bits per heavy atom. The van der Waals surface area contributed by atoms with Gasteiger partial charge >= 0.3 is 0 Å². The molecular formula is C9H19NO3. The molecule has 0 spiro atoms. The van der Waals surface area contributed by atoms with E-state index in [9.17, 15) is 4.79 Å². The zero-order valence-electron chi connectivity index (χ0n) is 8.36. The van der Waals surface area contributed by atoms with E-state index < -0.39 is 0 Å². The molecule has 78 valence electrons. The first-order valence-corrected chi connectivity index (χ1v) is 4.61. The summed E-state index contributed by atoms with van der Waals surface area (Å²) in [5, 5.41) is 17.3. The maximum absolute atomic E-state index is 11.4. The number of carbonyl (C=O) groups excluding carboxylic acids is 1. The molecule has 2 N–H and O–H groups in total. The van der Waals surface area contributed by atoms with Crippen molar-refractivity contribution in [2.45, 2.75) is 20.3 Å². The molecule has 0 saturated heterocycles. The van der Waals surface area contributed by atoms with E-state index >= 15 is 0 Å². The fourth-order valence-electron chi connectivity index (χ4n) is 1.08. The Bertz CT molecular complexity index is 142. The van der Waals surface area contributed by atoms with E-state index in [2.05, 4.69) is 0 Å². The van der Waals surface area contributed by atoms with Crippen molar-refractivity contribution in [2.24, 2.45) is 5.92 Å². The lowest BCUT2D eigenvalue weighted by atomic mass is 10.1. The predicted octanol–water partition coefficient (Wildman–Crippen LogP) is -0.154. The molecule has 0 aromatic carbocycles. The number of nitrogens with zero attached hydrogens (tertiary/aromatic N) is 1. The van der Waals surface area contributed by atoms with Gasteiger partial charge in [-0.2, -0.15) is 0 Å². The van der Waals surface area contributed by atoms with E-state index in [1.54, 1.807) is 0 Å². The highest BCUT2D eigenvalue weighted by atomic mass is 16.3. The number of aliphatic hydroxyl groups excluding tert-OH is 2. The molecule has 0 aliphatic rings. The second kappa shape index (κ2) is 6.86. The average molecular weight is 189 g/mol. The third-order valence-electron chi connectivity index (χ3n) is 1.68. The van der Waals surface area contributed by atoms with Gasteiger partial charge in [0.1, 0.15) is 0 Å². The summed E-state index contributed by atoms with van der Waals surface area (Å²) >= 11 is 0. The molecule has 0 aromatic heterocycles. The van der Waals surface area contributed by atoms with Crippen LogP contribution in [-0.2, 0) is 4.79 Å². The molecule has 0 heterocycles. The van der Waals surface area contributed by atoms with Crippen molar-refractivity contribution >= 4 is 5.91 Å². The second-order valence-corrected chi connectivity index (χ2v) is 3.43. The van der Waals surface area contributed by atoms with Crippen molar-refractivity contribution in [1.29, 1.82) is 0 Å². The van der Waals surface area contributed by atoms with E-state index in [1.165, 1.54) is 4.90 Å². The van der Waals surface area contributed by atoms with E-state index in [-0.39, 0.29) is 19.1 Å². The summed E-state index contributed by atoms with van der Waals surface area (Å²) in [6.07, 6.45) is 0.472. The molecule has 4 nitrogen and oxygen atoms in total. The summed E-state index contributed by atoms with van der Waals surface area (Å²) in [5.41, 5.74) is 0. The lowest BCUT2D eigenvalue weighted by Gasteiger charge is -2.21.